The number of carbonyl (C=O) groups is 2. The van der Waals surface area contributed by atoms with Crippen LogP contribution in [-0.2, 0) is 16.0 Å². The summed E-state index contributed by atoms with van der Waals surface area (Å²) >= 11 is 0. The number of aryl methyl sites for hydroxylation is 2. The molecule has 0 radical (unpaired) electrons. The molecule has 0 atom stereocenters. The Bertz CT molecular complexity index is 593. The molecular formula is C14H21N3O4. The Labute approximate surface area is 123 Å². The highest BCUT2D eigenvalue weighted by atomic mass is 16.4. The predicted molar refractivity (Wildman–Crippen MR) is 77.1 cm³/mol. The van der Waals surface area contributed by atoms with Crippen LogP contribution in [-0.4, -0.2) is 43.9 Å². The fourth-order valence-electron chi connectivity index (χ4n) is 2.26. The molecule has 0 saturated carbocycles. The summed E-state index contributed by atoms with van der Waals surface area (Å²) in [6, 6.07) is 0. The first kappa shape index (κ1) is 16.9. The third-order valence-electron chi connectivity index (χ3n) is 3.60. The zero-order chi connectivity index (χ0) is 16.4. The average molecular weight is 295 g/mol. The van der Waals surface area contributed by atoms with E-state index in [0.717, 1.165) is 0 Å². The Morgan fingerprint density at radius 1 is 1.33 bits per heavy atom. The van der Waals surface area contributed by atoms with Gasteiger partial charge in [0, 0.05) is 23.5 Å². The molecule has 0 fully saturated rings. The van der Waals surface area contributed by atoms with Crippen molar-refractivity contribution >= 4 is 11.9 Å². The highest BCUT2D eigenvalue weighted by Gasteiger charge is 2.36. The van der Waals surface area contributed by atoms with E-state index in [0.29, 0.717) is 17.0 Å². The van der Waals surface area contributed by atoms with Crippen LogP contribution in [0.1, 0.15) is 37.7 Å². The molecule has 1 amide bonds. The van der Waals surface area contributed by atoms with E-state index in [1.807, 2.05) is 0 Å². The molecule has 21 heavy (non-hydrogen) atoms. The molecule has 0 aliphatic rings. The molecular weight excluding hydrogens is 274 g/mol. The number of carboxylic acids is 1. The fraction of sp³-hybridized carbons (Fsp3) is 0.571. The number of carboxylic acid groups (broad SMARTS) is 1. The van der Waals surface area contributed by atoms with Gasteiger partial charge in [-0.2, -0.15) is 4.98 Å². The van der Waals surface area contributed by atoms with Crippen LogP contribution in [0.15, 0.2) is 4.79 Å². The van der Waals surface area contributed by atoms with Crippen LogP contribution in [0.5, 0.6) is 0 Å². The van der Waals surface area contributed by atoms with Crippen molar-refractivity contribution in [3.8, 4) is 0 Å². The maximum Gasteiger partial charge on any atom is 0.345 e. The molecule has 7 heteroatoms. The Morgan fingerprint density at radius 3 is 2.33 bits per heavy atom. The van der Waals surface area contributed by atoms with E-state index in [1.165, 1.54) is 18.7 Å². The molecule has 116 valence electrons. The van der Waals surface area contributed by atoms with Crippen LogP contribution < -0.4 is 5.69 Å². The van der Waals surface area contributed by atoms with Crippen LogP contribution in [0, 0.1) is 13.8 Å². The van der Waals surface area contributed by atoms with Gasteiger partial charge in [0.25, 0.3) is 0 Å². The molecule has 1 aromatic heterocycles. The van der Waals surface area contributed by atoms with Crippen molar-refractivity contribution in [1.29, 1.82) is 0 Å². The van der Waals surface area contributed by atoms with Gasteiger partial charge >= 0.3 is 11.7 Å². The lowest BCUT2D eigenvalue weighted by Gasteiger charge is -2.34. The summed E-state index contributed by atoms with van der Waals surface area (Å²) in [6.45, 7) is 8.34. The van der Waals surface area contributed by atoms with Crippen molar-refractivity contribution in [3.05, 3.63) is 27.4 Å². The summed E-state index contributed by atoms with van der Waals surface area (Å²) in [5, 5.41) is 9.25. The summed E-state index contributed by atoms with van der Waals surface area (Å²) in [7, 11) is 0. The summed E-state index contributed by atoms with van der Waals surface area (Å²) in [5.41, 5.74) is -0.0686. The summed E-state index contributed by atoms with van der Waals surface area (Å²) in [4.78, 5) is 42.6. The second-order valence-electron chi connectivity index (χ2n) is 5.41. The van der Waals surface area contributed by atoms with Crippen molar-refractivity contribution in [2.45, 2.75) is 46.6 Å². The van der Waals surface area contributed by atoms with Crippen LogP contribution >= 0.6 is 0 Å². The first-order chi connectivity index (χ1) is 9.61. The third kappa shape index (κ3) is 3.48. The SMILES string of the molecule is CCN(C(=O)Cc1c(C)nc(=O)[nH]c1C)C(C)(C)C(=O)O. The van der Waals surface area contributed by atoms with E-state index in [9.17, 15) is 19.5 Å². The van der Waals surface area contributed by atoms with Gasteiger partial charge in [-0.1, -0.05) is 0 Å². The van der Waals surface area contributed by atoms with Gasteiger partial charge in [-0.25, -0.2) is 9.59 Å². The molecule has 0 spiro atoms. The minimum Gasteiger partial charge on any atom is -0.480 e. The number of H-pyrrole nitrogens is 1. The minimum atomic E-state index is -1.29. The summed E-state index contributed by atoms with van der Waals surface area (Å²) in [6.07, 6.45) is 0.00595. The molecule has 0 unspecified atom stereocenters. The van der Waals surface area contributed by atoms with Gasteiger partial charge in [0.05, 0.1) is 6.42 Å². The highest BCUT2D eigenvalue weighted by molar-refractivity contribution is 5.87. The second kappa shape index (κ2) is 6.07. The van der Waals surface area contributed by atoms with Crippen molar-refractivity contribution in [2.24, 2.45) is 0 Å². The number of aliphatic carboxylic acids is 1. The van der Waals surface area contributed by atoms with Crippen LogP contribution in [0.3, 0.4) is 0 Å². The summed E-state index contributed by atoms with van der Waals surface area (Å²) < 4.78 is 0. The first-order valence-electron chi connectivity index (χ1n) is 6.71. The van der Waals surface area contributed by atoms with Gasteiger partial charge in [-0.05, 0) is 34.6 Å². The number of carbonyl (C=O) groups excluding carboxylic acids is 1. The number of hydrogen-bond acceptors (Lipinski definition) is 4. The van der Waals surface area contributed by atoms with E-state index in [1.54, 1.807) is 20.8 Å². The molecule has 1 aromatic rings. The quantitative estimate of drug-likeness (QED) is 0.829. The maximum absolute atomic E-state index is 12.4. The van der Waals surface area contributed by atoms with Gasteiger partial charge in [0.2, 0.25) is 5.91 Å². The number of nitrogens with one attached hydrogen (secondary N) is 1. The molecule has 0 bridgehead atoms. The second-order valence-corrected chi connectivity index (χ2v) is 5.41. The minimum absolute atomic E-state index is 0.00595. The number of nitrogens with zero attached hydrogens (tertiary/aromatic N) is 2. The van der Waals surface area contributed by atoms with Gasteiger partial charge in [-0.3, -0.25) is 4.79 Å². The average Bonchev–Trinajstić information content (AvgIpc) is 2.34. The topological polar surface area (TPSA) is 103 Å². The Morgan fingerprint density at radius 2 is 1.90 bits per heavy atom. The van der Waals surface area contributed by atoms with Crippen molar-refractivity contribution < 1.29 is 14.7 Å². The molecule has 7 nitrogen and oxygen atoms in total. The molecule has 2 N–H and O–H groups in total. The molecule has 0 aliphatic heterocycles. The standard InChI is InChI=1S/C14H21N3O4/c1-6-17(14(4,5)12(19)20)11(18)7-10-8(2)15-13(21)16-9(10)3/h6-7H2,1-5H3,(H,19,20)(H,15,16,21). The molecule has 1 heterocycles. The lowest BCUT2D eigenvalue weighted by molar-refractivity contribution is -0.156. The summed E-state index contributed by atoms with van der Waals surface area (Å²) in [5.74, 6) is -1.38. The third-order valence-corrected chi connectivity index (χ3v) is 3.60. The van der Waals surface area contributed by atoms with Crippen LogP contribution in [0.25, 0.3) is 0 Å². The van der Waals surface area contributed by atoms with E-state index in [4.69, 9.17) is 0 Å². The number of aromatic amines is 1. The maximum atomic E-state index is 12.4. The molecule has 0 aliphatic carbocycles. The van der Waals surface area contributed by atoms with E-state index < -0.39 is 17.2 Å². The largest absolute Gasteiger partial charge is 0.480 e. The van der Waals surface area contributed by atoms with Gasteiger partial charge in [0.1, 0.15) is 5.54 Å². The van der Waals surface area contributed by atoms with Crippen molar-refractivity contribution in [1.82, 2.24) is 14.9 Å². The predicted octanol–water partition coefficient (Wildman–Crippen LogP) is 0.641. The lowest BCUT2D eigenvalue weighted by atomic mass is 10.0. The van der Waals surface area contributed by atoms with E-state index in [-0.39, 0.29) is 18.9 Å². The van der Waals surface area contributed by atoms with E-state index >= 15 is 0 Å². The van der Waals surface area contributed by atoms with Crippen molar-refractivity contribution in [3.63, 3.8) is 0 Å². The molecule has 1 rings (SSSR count). The lowest BCUT2D eigenvalue weighted by Crippen LogP contribution is -2.53. The number of hydrogen-bond donors (Lipinski definition) is 2. The van der Waals surface area contributed by atoms with E-state index in [2.05, 4.69) is 9.97 Å². The monoisotopic (exact) mass is 295 g/mol. The van der Waals surface area contributed by atoms with Crippen molar-refractivity contribution in [2.75, 3.05) is 6.54 Å². The first-order valence-corrected chi connectivity index (χ1v) is 6.71. The number of likely N-dealkylation sites (N-methyl/N-ethyl adjacent to an activating group) is 1. The Kier molecular flexibility index (Phi) is 4.88. The smallest absolute Gasteiger partial charge is 0.345 e. The van der Waals surface area contributed by atoms with Gasteiger partial charge in [-0.15, -0.1) is 0 Å². The zero-order valence-electron chi connectivity index (χ0n) is 13.0. The normalized spacial score (nSPS) is 11.3. The zero-order valence-corrected chi connectivity index (χ0v) is 13.0. The fourth-order valence-corrected chi connectivity index (χ4v) is 2.26. The number of amides is 1. The van der Waals surface area contributed by atoms with Crippen LogP contribution in [0.4, 0.5) is 0 Å². The molecule has 0 aromatic carbocycles. The molecule has 0 saturated heterocycles. The Balaban J connectivity index is 3.10. The van der Waals surface area contributed by atoms with Gasteiger partial charge < -0.3 is 15.0 Å². The number of aromatic nitrogens is 2. The highest BCUT2D eigenvalue weighted by Crippen LogP contribution is 2.18. The van der Waals surface area contributed by atoms with Gasteiger partial charge in [0.15, 0.2) is 0 Å². The Hall–Kier alpha value is -2.18. The van der Waals surface area contributed by atoms with Crippen LogP contribution in [0.2, 0.25) is 0 Å². The number of rotatable bonds is 5.